The highest BCUT2D eigenvalue weighted by molar-refractivity contribution is 4.62. The fourth-order valence-electron chi connectivity index (χ4n) is 7.61. The van der Waals surface area contributed by atoms with E-state index >= 15 is 0 Å². The van der Waals surface area contributed by atoms with Crippen LogP contribution in [0.2, 0.25) is 0 Å². The molecule has 0 radical (unpaired) electrons. The minimum Gasteiger partial charge on any atom is -0.0654 e. The van der Waals surface area contributed by atoms with Crippen LogP contribution in [0, 0.1) is 5.92 Å². The molecule has 0 aromatic carbocycles. The zero-order chi connectivity index (χ0) is 32.6. The molecule has 0 N–H and O–H groups in total. The first-order valence-corrected chi connectivity index (χ1v) is 22.3. The maximum atomic E-state index is 2.35. The summed E-state index contributed by atoms with van der Waals surface area (Å²) in [6.45, 7) is 6.98. The lowest BCUT2D eigenvalue weighted by Gasteiger charge is -2.17. The van der Waals surface area contributed by atoms with E-state index in [2.05, 4.69) is 20.8 Å². The Morgan fingerprint density at radius 2 is 0.311 bits per heavy atom. The molecule has 0 rings (SSSR count). The van der Waals surface area contributed by atoms with E-state index in [-0.39, 0.29) is 0 Å². The van der Waals surface area contributed by atoms with E-state index in [0.29, 0.717) is 0 Å². The lowest BCUT2D eigenvalue weighted by molar-refractivity contribution is 0.366. The Kier molecular flexibility index (Phi) is 42.0. The Bertz CT molecular complexity index is 480. The van der Waals surface area contributed by atoms with Crippen molar-refractivity contribution in [3.63, 3.8) is 0 Å². The molecule has 0 heterocycles. The monoisotopic (exact) mass is 633 g/mol. The zero-order valence-corrected chi connectivity index (χ0v) is 32.6. The zero-order valence-electron chi connectivity index (χ0n) is 32.6. The molecule has 0 fully saturated rings. The van der Waals surface area contributed by atoms with E-state index in [0.717, 1.165) is 5.92 Å². The summed E-state index contributed by atoms with van der Waals surface area (Å²) in [4.78, 5) is 0. The SMILES string of the molecule is CCCCCCCCCCCCCCCCCCCCCC(CCCCCC)CCCCCCCCCCCCCCCCC. The fraction of sp³-hybridized carbons (Fsp3) is 1.00. The number of hydrogen-bond donors (Lipinski definition) is 0. The van der Waals surface area contributed by atoms with Crippen LogP contribution in [0.15, 0.2) is 0 Å². The van der Waals surface area contributed by atoms with E-state index in [1.165, 1.54) is 263 Å². The molecule has 0 aromatic heterocycles. The molecular formula is C45H92. The van der Waals surface area contributed by atoms with Gasteiger partial charge in [0.25, 0.3) is 0 Å². The first kappa shape index (κ1) is 45.0. The second kappa shape index (κ2) is 42.0. The van der Waals surface area contributed by atoms with E-state index in [9.17, 15) is 0 Å². The summed E-state index contributed by atoms with van der Waals surface area (Å²) in [5.41, 5.74) is 0. The van der Waals surface area contributed by atoms with Crippen LogP contribution in [0.1, 0.15) is 284 Å². The van der Waals surface area contributed by atoms with Crippen molar-refractivity contribution >= 4 is 0 Å². The van der Waals surface area contributed by atoms with Crippen molar-refractivity contribution in [2.75, 3.05) is 0 Å². The van der Waals surface area contributed by atoms with Gasteiger partial charge in [0, 0.05) is 0 Å². The van der Waals surface area contributed by atoms with E-state index < -0.39 is 0 Å². The molecule has 0 nitrogen and oxygen atoms in total. The summed E-state index contributed by atoms with van der Waals surface area (Å²) in [6.07, 6.45) is 60.8. The van der Waals surface area contributed by atoms with Crippen LogP contribution in [-0.4, -0.2) is 0 Å². The molecule has 1 unspecified atom stereocenters. The van der Waals surface area contributed by atoms with Crippen molar-refractivity contribution in [1.29, 1.82) is 0 Å². The molecule has 272 valence electrons. The van der Waals surface area contributed by atoms with Crippen molar-refractivity contribution in [3.8, 4) is 0 Å². The van der Waals surface area contributed by atoms with Gasteiger partial charge in [-0.05, 0) is 5.92 Å². The van der Waals surface area contributed by atoms with E-state index in [1.54, 1.807) is 0 Å². The van der Waals surface area contributed by atoms with Gasteiger partial charge in [-0.25, -0.2) is 0 Å². The van der Waals surface area contributed by atoms with Gasteiger partial charge < -0.3 is 0 Å². The van der Waals surface area contributed by atoms with Gasteiger partial charge in [0.05, 0.1) is 0 Å². The highest BCUT2D eigenvalue weighted by atomic mass is 14.1. The second-order valence-electron chi connectivity index (χ2n) is 15.6. The minimum absolute atomic E-state index is 1.04. The Morgan fingerprint density at radius 1 is 0.178 bits per heavy atom. The maximum Gasteiger partial charge on any atom is -0.0414 e. The van der Waals surface area contributed by atoms with E-state index in [1.807, 2.05) is 0 Å². The van der Waals surface area contributed by atoms with Crippen molar-refractivity contribution in [2.24, 2.45) is 5.92 Å². The van der Waals surface area contributed by atoms with Gasteiger partial charge in [0.15, 0.2) is 0 Å². The third-order valence-electron chi connectivity index (χ3n) is 10.9. The summed E-state index contributed by atoms with van der Waals surface area (Å²) in [6, 6.07) is 0. The van der Waals surface area contributed by atoms with Gasteiger partial charge in [-0.1, -0.05) is 284 Å². The van der Waals surface area contributed by atoms with Crippen LogP contribution in [0.3, 0.4) is 0 Å². The van der Waals surface area contributed by atoms with Crippen LogP contribution in [0.4, 0.5) is 0 Å². The van der Waals surface area contributed by atoms with Gasteiger partial charge in [0.1, 0.15) is 0 Å². The van der Waals surface area contributed by atoms with Gasteiger partial charge in [0.2, 0.25) is 0 Å². The summed E-state index contributed by atoms with van der Waals surface area (Å²) in [7, 11) is 0. The first-order chi connectivity index (χ1) is 22.3. The summed E-state index contributed by atoms with van der Waals surface area (Å²) >= 11 is 0. The molecule has 0 saturated heterocycles. The van der Waals surface area contributed by atoms with Gasteiger partial charge in [-0.15, -0.1) is 0 Å². The largest absolute Gasteiger partial charge is 0.0654 e. The van der Waals surface area contributed by atoms with Crippen LogP contribution in [-0.2, 0) is 0 Å². The predicted octanol–water partition coefficient (Wildman–Crippen LogP) is 17.7. The van der Waals surface area contributed by atoms with Gasteiger partial charge >= 0.3 is 0 Å². The smallest absolute Gasteiger partial charge is 0.0414 e. The molecule has 0 aliphatic carbocycles. The molecule has 0 spiro atoms. The Balaban J connectivity index is 3.57. The Morgan fingerprint density at radius 3 is 0.489 bits per heavy atom. The summed E-state index contributed by atoms with van der Waals surface area (Å²) in [5, 5.41) is 0. The first-order valence-electron chi connectivity index (χ1n) is 22.3. The second-order valence-corrected chi connectivity index (χ2v) is 15.6. The average Bonchev–Trinajstić information content (AvgIpc) is 3.05. The summed E-state index contributed by atoms with van der Waals surface area (Å²) < 4.78 is 0. The van der Waals surface area contributed by atoms with Crippen molar-refractivity contribution < 1.29 is 0 Å². The van der Waals surface area contributed by atoms with Crippen LogP contribution in [0.25, 0.3) is 0 Å². The third kappa shape index (κ3) is 40.1. The molecule has 0 aliphatic rings. The number of hydrogen-bond acceptors (Lipinski definition) is 0. The normalized spacial score (nSPS) is 12.3. The van der Waals surface area contributed by atoms with Crippen LogP contribution >= 0.6 is 0 Å². The Labute approximate surface area is 289 Å². The highest BCUT2D eigenvalue weighted by Gasteiger charge is 2.09. The molecule has 0 bridgehead atoms. The number of unbranched alkanes of at least 4 members (excludes halogenated alkanes) is 35. The molecule has 45 heavy (non-hydrogen) atoms. The standard InChI is InChI=1S/C45H92/c1-4-7-10-13-15-17-19-21-23-24-25-26-28-30-32-34-36-38-41-44-45(42-39-12-9-6-3)43-40-37-35-33-31-29-27-22-20-18-16-14-11-8-5-2/h45H,4-44H2,1-3H3. The van der Waals surface area contributed by atoms with Crippen LogP contribution in [0.5, 0.6) is 0 Å². The minimum atomic E-state index is 1.04. The molecule has 1 atom stereocenters. The quantitative estimate of drug-likeness (QED) is 0.0588. The molecule has 0 aliphatic heterocycles. The topological polar surface area (TPSA) is 0 Å². The fourth-order valence-corrected chi connectivity index (χ4v) is 7.61. The summed E-state index contributed by atoms with van der Waals surface area (Å²) in [5.74, 6) is 1.04. The molecule has 0 saturated carbocycles. The molecule has 0 amide bonds. The molecular weight excluding hydrogens is 540 g/mol. The number of rotatable bonds is 41. The highest BCUT2D eigenvalue weighted by Crippen LogP contribution is 2.25. The predicted molar refractivity (Wildman–Crippen MR) is 210 cm³/mol. The van der Waals surface area contributed by atoms with E-state index in [4.69, 9.17) is 0 Å². The maximum absolute atomic E-state index is 2.35. The van der Waals surface area contributed by atoms with Crippen molar-refractivity contribution in [1.82, 2.24) is 0 Å². The van der Waals surface area contributed by atoms with Gasteiger partial charge in [-0.3, -0.25) is 0 Å². The molecule has 0 heteroatoms. The third-order valence-corrected chi connectivity index (χ3v) is 10.9. The molecule has 0 aromatic rings. The van der Waals surface area contributed by atoms with Crippen molar-refractivity contribution in [2.45, 2.75) is 284 Å². The lowest BCUT2D eigenvalue weighted by atomic mass is 9.89. The Hall–Kier alpha value is 0. The van der Waals surface area contributed by atoms with Crippen LogP contribution < -0.4 is 0 Å². The average molecular weight is 633 g/mol. The van der Waals surface area contributed by atoms with Crippen molar-refractivity contribution in [3.05, 3.63) is 0 Å². The van der Waals surface area contributed by atoms with Gasteiger partial charge in [-0.2, -0.15) is 0 Å². The lowest BCUT2D eigenvalue weighted by Crippen LogP contribution is -2.01.